The molecule has 1 aromatic carbocycles. The SMILES string of the molecule is CCS(=O)(=O)[C@@H]1CCNc2ccc(C(F)(F)F)cc21. The number of rotatable bonds is 2. The van der Waals surface area contributed by atoms with E-state index in [9.17, 15) is 21.6 Å². The molecule has 0 radical (unpaired) electrons. The molecule has 1 heterocycles. The van der Waals surface area contributed by atoms with E-state index in [0.29, 0.717) is 18.7 Å². The minimum atomic E-state index is -4.47. The number of halogens is 3. The molecule has 1 atom stereocenters. The van der Waals surface area contributed by atoms with Gasteiger partial charge >= 0.3 is 6.18 Å². The van der Waals surface area contributed by atoms with Gasteiger partial charge in [0.2, 0.25) is 0 Å². The van der Waals surface area contributed by atoms with E-state index in [-0.39, 0.29) is 11.3 Å². The minimum Gasteiger partial charge on any atom is -0.385 e. The fraction of sp³-hybridized carbons (Fsp3) is 0.500. The van der Waals surface area contributed by atoms with Crippen molar-refractivity contribution in [1.82, 2.24) is 0 Å². The van der Waals surface area contributed by atoms with Crippen LogP contribution in [0.5, 0.6) is 0 Å². The summed E-state index contributed by atoms with van der Waals surface area (Å²) in [6.07, 6.45) is -4.17. The molecule has 3 nitrogen and oxygen atoms in total. The molecule has 1 aliphatic heterocycles. The summed E-state index contributed by atoms with van der Waals surface area (Å²) in [6.45, 7) is 1.95. The Labute approximate surface area is 109 Å². The maximum absolute atomic E-state index is 12.7. The quantitative estimate of drug-likeness (QED) is 0.911. The smallest absolute Gasteiger partial charge is 0.385 e. The summed E-state index contributed by atoms with van der Waals surface area (Å²) in [7, 11) is -3.40. The Hall–Kier alpha value is -1.24. The van der Waals surface area contributed by atoms with Gasteiger partial charge in [-0.05, 0) is 30.2 Å². The molecule has 0 aromatic heterocycles. The van der Waals surface area contributed by atoms with Crippen LogP contribution < -0.4 is 5.32 Å². The summed E-state index contributed by atoms with van der Waals surface area (Å²) in [5, 5.41) is 2.08. The molecule has 7 heteroatoms. The maximum atomic E-state index is 12.7. The monoisotopic (exact) mass is 293 g/mol. The Morgan fingerprint density at radius 2 is 2.05 bits per heavy atom. The zero-order valence-electron chi connectivity index (χ0n) is 10.3. The van der Waals surface area contributed by atoms with Crippen LogP contribution in [0.3, 0.4) is 0 Å². The van der Waals surface area contributed by atoms with Crippen LogP contribution in [0.1, 0.15) is 29.7 Å². The van der Waals surface area contributed by atoms with E-state index in [1.165, 1.54) is 13.0 Å². The Balaban J connectivity index is 2.54. The van der Waals surface area contributed by atoms with Crippen molar-refractivity contribution in [3.05, 3.63) is 29.3 Å². The number of alkyl halides is 3. The molecule has 0 aliphatic carbocycles. The highest BCUT2D eigenvalue weighted by atomic mass is 32.2. The summed E-state index contributed by atoms with van der Waals surface area (Å²) in [5.41, 5.74) is -0.115. The molecule has 0 spiro atoms. The molecule has 0 bridgehead atoms. The van der Waals surface area contributed by atoms with E-state index >= 15 is 0 Å². The number of benzene rings is 1. The van der Waals surface area contributed by atoms with Crippen molar-refractivity contribution in [2.75, 3.05) is 17.6 Å². The third kappa shape index (κ3) is 2.70. The topological polar surface area (TPSA) is 46.2 Å². The van der Waals surface area contributed by atoms with Crippen molar-refractivity contribution < 1.29 is 21.6 Å². The molecule has 0 saturated carbocycles. The Morgan fingerprint density at radius 3 is 2.63 bits per heavy atom. The number of fused-ring (bicyclic) bond motifs is 1. The van der Waals surface area contributed by atoms with Crippen LogP contribution in [-0.4, -0.2) is 20.7 Å². The van der Waals surface area contributed by atoms with E-state index in [4.69, 9.17) is 0 Å². The predicted molar refractivity (Wildman–Crippen MR) is 66.8 cm³/mol. The van der Waals surface area contributed by atoms with E-state index in [1.807, 2.05) is 0 Å². The Bertz CT molecular complexity index is 581. The van der Waals surface area contributed by atoms with Crippen molar-refractivity contribution in [2.45, 2.75) is 24.8 Å². The van der Waals surface area contributed by atoms with Crippen LogP contribution in [0, 0.1) is 0 Å². The molecule has 19 heavy (non-hydrogen) atoms. The Morgan fingerprint density at radius 1 is 1.37 bits per heavy atom. The maximum Gasteiger partial charge on any atom is 0.416 e. The van der Waals surface area contributed by atoms with Crippen molar-refractivity contribution >= 4 is 15.5 Å². The molecule has 1 aliphatic rings. The molecule has 0 fully saturated rings. The van der Waals surface area contributed by atoms with E-state index < -0.39 is 26.8 Å². The molecular formula is C12H14F3NO2S. The van der Waals surface area contributed by atoms with Gasteiger partial charge in [0, 0.05) is 18.0 Å². The second-order valence-corrected chi connectivity index (χ2v) is 6.93. The first-order valence-corrected chi connectivity index (χ1v) is 7.64. The third-order valence-electron chi connectivity index (χ3n) is 3.28. The van der Waals surface area contributed by atoms with Gasteiger partial charge in [0.1, 0.15) is 0 Å². The van der Waals surface area contributed by atoms with Crippen molar-refractivity contribution in [3.8, 4) is 0 Å². The number of hydrogen-bond acceptors (Lipinski definition) is 3. The van der Waals surface area contributed by atoms with Gasteiger partial charge < -0.3 is 5.32 Å². The summed E-state index contributed by atoms with van der Waals surface area (Å²) < 4.78 is 62.0. The van der Waals surface area contributed by atoms with Crippen molar-refractivity contribution in [3.63, 3.8) is 0 Å². The van der Waals surface area contributed by atoms with Gasteiger partial charge in [0.25, 0.3) is 0 Å². The zero-order valence-corrected chi connectivity index (χ0v) is 11.1. The second-order valence-electron chi connectivity index (χ2n) is 4.46. The van der Waals surface area contributed by atoms with Crippen LogP contribution >= 0.6 is 0 Å². The summed E-state index contributed by atoms with van der Waals surface area (Å²) in [5.74, 6) is -0.0760. The lowest BCUT2D eigenvalue weighted by Crippen LogP contribution is -2.25. The number of nitrogens with one attached hydrogen (secondary N) is 1. The normalized spacial score (nSPS) is 19.7. The van der Waals surface area contributed by atoms with E-state index in [0.717, 1.165) is 12.1 Å². The number of hydrogen-bond donors (Lipinski definition) is 1. The van der Waals surface area contributed by atoms with Crippen molar-refractivity contribution in [2.24, 2.45) is 0 Å². The molecule has 0 saturated heterocycles. The summed E-state index contributed by atoms with van der Waals surface area (Å²) in [6, 6.07) is 3.21. The molecular weight excluding hydrogens is 279 g/mol. The molecule has 1 aromatic rings. The average Bonchev–Trinajstić information content (AvgIpc) is 2.36. The summed E-state index contributed by atoms with van der Waals surface area (Å²) >= 11 is 0. The highest BCUT2D eigenvalue weighted by molar-refractivity contribution is 7.91. The van der Waals surface area contributed by atoms with Gasteiger partial charge in [-0.3, -0.25) is 0 Å². The Kier molecular flexibility index (Phi) is 3.51. The fourth-order valence-corrected chi connectivity index (χ4v) is 3.70. The van der Waals surface area contributed by atoms with Gasteiger partial charge in [0.15, 0.2) is 9.84 Å². The highest BCUT2D eigenvalue weighted by Gasteiger charge is 2.35. The second kappa shape index (κ2) is 4.70. The molecule has 0 amide bonds. The first-order chi connectivity index (χ1) is 8.75. The third-order valence-corrected chi connectivity index (χ3v) is 5.44. The van der Waals surface area contributed by atoms with Gasteiger partial charge in [-0.1, -0.05) is 6.92 Å². The van der Waals surface area contributed by atoms with Gasteiger partial charge in [-0.2, -0.15) is 13.2 Å². The molecule has 2 rings (SSSR count). The lowest BCUT2D eigenvalue weighted by atomic mass is 10.00. The van der Waals surface area contributed by atoms with Crippen molar-refractivity contribution in [1.29, 1.82) is 0 Å². The van der Waals surface area contributed by atoms with E-state index in [1.54, 1.807) is 0 Å². The first-order valence-electron chi connectivity index (χ1n) is 5.92. The van der Waals surface area contributed by atoms with E-state index in [2.05, 4.69) is 5.32 Å². The molecule has 0 unspecified atom stereocenters. The fourth-order valence-electron chi connectivity index (χ4n) is 2.23. The minimum absolute atomic E-state index is 0.0760. The van der Waals surface area contributed by atoms with Crippen LogP contribution in [0.15, 0.2) is 18.2 Å². The first kappa shape index (κ1) is 14.2. The average molecular weight is 293 g/mol. The predicted octanol–water partition coefficient (Wildman–Crippen LogP) is 3.00. The van der Waals surface area contributed by atoms with Crippen LogP contribution in [0.25, 0.3) is 0 Å². The molecule has 1 N–H and O–H groups in total. The van der Waals surface area contributed by atoms with Crippen LogP contribution in [-0.2, 0) is 16.0 Å². The van der Waals surface area contributed by atoms with Gasteiger partial charge in [0.05, 0.1) is 10.8 Å². The van der Waals surface area contributed by atoms with Crippen LogP contribution in [0.4, 0.5) is 18.9 Å². The number of anilines is 1. The largest absolute Gasteiger partial charge is 0.416 e. The lowest BCUT2D eigenvalue weighted by Gasteiger charge is -2.27. The molecule has 106 valence electrons. The van der Waals surface area contributed by atoms with Crippen LogP contribution in [0.2, 0.25) is 0 Å². The number of sulfone groups is 1. The van der Waals surface area contributed by atoms with Gasteiger partial charge in [-0.25, -0.2) is 8.42 Å². The lowest BCUT2D eigenvalue weighted by molar-refractivity contribution is -0.137. The van der Waals surface area contributed by atoms with Gasteiger partial charge in [-0.15, -0.1) is 0 Å². The standard InChI is InChI=1S/C12H14F3NO2S/c1-2-19(17,18)11-5-6-16-10-4-3-8(7-9(10)11)12(13,14)15/h3-4,7,11,16H,2,5-6H2,1H3/t11-/m1/s1. The highest BCUT2D eigenvalue weighted by Crippen LogP contribution is 2.39. The summed E-state index contributed by atoms with van der Waals surface area (Å²) in [4.78, 5) is 0. The zero-order chi connectivity index (χ0) is 14.3.